The summed E-state index contributed by atoms with van der Waals surface area (Å²) < 4.78 is 4.37. The van der Waals surface area contributed by atoms with Gasteiger partial charge in [0.25, 0.3) is 0 Å². The zero-order valence-corrected chi connectivity index (χ0v) is 9.68. The van der Waals surface area contributed by atoms with Gasteiger partial charge >= 0.3 is 0 Å². The zero-order chi connectivity index (χ0) is 10.7. The fourth-order valence-corrected chi connectivity index (χ4v) is 2.34. The van der Waals surface area contributed by atoms with E-state index in [4.69, 9.17) is 17.3 Å². The molecule has 0 aliphatic heterocycles. The number of nitrogens with two attached hydrogens (primary N) is 1. The Bertz CT molecular complexity index is 453. The first-order chi connectivity index (χ1) is 7.31. The summed E-state index contributed by atoms with van der Waals surface area (Å²) in [5, 5.41) is 0.738. The summed E-state index contributed by atoms with van der Waals surface area (Å²) >= 11 is 7.57. The molecule has 0 unspecified atom stereocenters. The van der Waals surface area contributed by atoms with E-state index in [-0.39, 0.29) is 0 Å². The first-order valence-corrected chi connectivity index (χ1v) is 5.87. The number of rotatable bonds is 3. The number of aromatic nitrogens is 1. The van der Waals surface area contributed by atoms with Crippen molar-refractivity contribution < 1.29 is 0 Å². The lowest BCUT2D eigenvalue weighted by molar-refractivity contribution is 0.989. The third-order valence-electron chi connectivity index (χ3n) is 2.10. The molecule has 0 aliphatic carbocycles. The van der Waals surface area contributed by atoms with Gasteiger partial charge in [0.15, 0.2) is 0 Å². The van der Waals surface area contributed by atoms with E-state index in [0.717, 1.165) is 22.7 Å². The van der Waals surface area contributed by atoms with Crippen molar-refractivity contribution in [3.05, 3.63) is 40.2 Å². The minimum atomic E-state index is 0.657. The van der Waals surface area contributed by atoms with Crippen molar-refractivity contribution in [3.63, 3.8) is 0 Å². The summed E-state index contributed by atoms with van der Waals surface area (Å²) in [6.07, 6.45) is 0.877. The van der Waals surface area contributed by atoms with Gasteiger partial charge in [-0.15, -0.1) is 0 Å². The van der Waals surface area contributed by atoms with Crippen LogP contribution < -0.4 is 5.73 Å². The molecule has 2 rings (SSSR count). The van der Waals surface area contributed by atoms with Crippen LogP contribution in [0.2, 0.25) is 5.02 Å². The van der Waals surface area contributed by atoms with Crippen LogP contribution in [-0.4, -0.2) is 10.9 Å². The van der Waals surface area contributed by atoms with E-state index in [2.05, 4.69) is 10.4 Å². The van der Waals surface area contributed by atoms with E-state index in [1.807, 2.05) is 24.3 Å². The first kappa shape index (κ1) is 10.6. The van der Waals surface area contributed by atoms with Gasteiger partial charge in [-0.3, -0.25) is 0 Å². The van der Waals surface area contributed by atoms with Crippen molar-refractivity contribution in [1.29, 1.82) is 0 Å². The Hall–Kier alpha value is -0.900. The van der Waals surface area contributed by atoms with Gasteiger partial charge in [-0.25, -0.2) is 0 Å². The third-order valence-corrected chi connectivity index (χ3v) is 3.27. The molecule has 4 heteroatoms. The highest BCUT2D eigenvalue weighted by molar-refractivity contribution is 7.06. The summed E-state index contributed by atoms with van der Waals surface area (Å²) in [4.78, 5) is 1.20. The normalized spacial score (nSPS) is 10.5. The number of benzene rings is 1. The summed E-state index contributed by atoms with van der Waals surface area (Å²) in [5.74, 6) is 0. The molecule has 0 aliphatic rings. The fourth-order valence-electron chi connectivity index (χ4n) is 1.37. The van der Waals surface area contributed by atoms with Gasteiger partial charge < -0.3 is 5.73 Å². The van der Waals surface area contributed by atoms with E-state index >= 15 is 0 Å². The average Bonchev–Trinajstić information content (AvgIpc) is 2.68. The Morgan fingerprint density at radius 3 is 2.87 bits per heavy atom. The van der Waals surface area contributed by atoms with E-state index < -0.39 is 0 Å². The molecule has 2 nitrogen and oxygen atoms in total. The molecule has 2 N–H and O–H groups in total. The molecule has 78 valence electrons. The topological polar surface area (TPSA) is 38.9 Å². The van der Waals surface area contributed by atoms with Crippen molar-refractivity contribution in [2.75, 3.05) is 6.54 Å². The number of hydrogen-bond donors (Lipinski definition) is 1. The molecule has 1 heterocycles. The smallest absolute Gasteiger partial charge is 0.0858 e. The van der Waals surface area contributed by atoms with Crippen molar-refractivity contribution in [2.45, 2.75) is 6.42 Å². The largest absolute Gasteiger partial charge is 0.330 e. The Morgan fingerprint density at radius 2 is 2.13 bits per heavy atom. The predicted octanol–water partition coefficient (Wildman–Crippen LogP) is 2.96. The Morgan fingerprint density at radius 1 is 1.33 bits per heavy atom. The van der Waals surface area contributed by atoms with E-state index in [0.29, 0.717) is 6.54 Å². The van der Waals surface area contributed by atoms with E-state index in [9.17, 15) is 0 Å². The van der Waals surface area contributed by atoms with Crippen LogP contribution >= 0.6 is 23.1 Å². The molecule has 0 atom stereocenters. The zero-order valence-electron chi connectivity index (χ0n) is 8.11. The maximum Gasteiger partial charge on any atom is 0.0858 e. The molecule has 1 aromatic heterocycles. The number of halogens is 1. The minimum Gasteiger partial charge on any atom is -0.330 e. The molecular formula is C11H11ClN2S. The summed E-state index contributed by atoms with van der Waals surface area (Å²) in [5.41, 5.74) is 7.42. The predicted molar refractivity (Wildman–Crippen MR) is 65.3 cm³/mol. The van der Waals surface area contributed by atoms with E-state index in [1.54, 1.807) is 0 Å². The minimum absolute atomic E-state index is 0.657. The third kappa shape index (κ3) is 2.37. The quantitative estimate of drug-likeness (QED) is 0.893. The highest BCUT2D eigenvalue weighted by atomic mass is 35.5. The SMILES string of the molecule is NCCc1cc(-c2ccccc2Cl)ns1. The van der Waals surface area contributed by atoms with E-state index in [1.165, 1.54) is 16.4 Å². The standard InChI is InChI=1S/C11H11ClN2S/c12-10-4-2-1-3-9(10)11-7-8(5-6-13)15-14-11/h1-4,7H,5-6,13H2. The van der Waals surface area contributed by atoms with Gasteiger partial charge in [-0.1, -0.05) is 29.8 Å². The molecule has 0 bridgehead atoms. The monoisotopic (exact) mass is 238 g/mol. The highest BCUT2D eigenvalue weighted by Crippen LogP contribution is 2.28. The van der Waals surface area contributed by atoms with Crippen LogP contribution in [0.4, 0.5) is 0 Å². The maximum absolute atomic E-state index is 6.09. The van der Waals surface area contributed by atoms with Crippen molar-refractivity contribution in [1.82, 2.24) is 4.37 Å². The van der Waals surface area contributed by atoms with Gasteiger partial charge in [-0.05, 0) is 36.6 Å². The molecule has 0 spiro atoms. The highest BCUT2D eigenvalue weighted by Gasteiger charge is 2.06. The maximum atomic E-state index is 6.09. The summed E-state index contributed by atoms with van der Waals surface area (Å²) in [6.45, 7) is 0.657. The lowest BCUT2D eigenvalue weighted by Gasteiger charge is -1.98. The Kier molecular flexibility index (Phi) is 3.36. The molecule has 0 amide bonds. The second-order valence-corrected chi connectivity index (χ2v) is 4.49. The van der Waals surface area contributed by atoms with Gasteiger partial charge in [0.1, 0.15) is 0 Å². The van der Waals surface area contributed by atoms with Crippen LogP contribution in [0.25, 0.3) is 11.3 Å². The van der Waals surface area contributed by atoms with Crippen LogP contribution in [0.5, 0.6) is 0 Å². The lowest BCUT2D eigenvalue weighted by Crippen LogP contribution is -2.00. The van der Waals surface area contributed by atoms with Crippen LogP contribution in [0, 0.1) is 0 Å². The average molecular weight is 239 g/mol. The fraction of sp³-hybridized carbons (Fsp3) is 0.182. The first-order valence-electron chi connectivity index (χ1n) is 4.72. The van der Waals surface area contributed by atoms with Crippen LogP contribution in [0.1, 0.15) is 4.88 Å². The van der Waals surface area contributed by atoms with Crippen molar-refractivity contribution in [3.8, 4) is 11.3 Å². The Labute approximate surface area is 97.9 Å². The van der Waals surface area contributed by atoms with Crippen LogP contribution in [0.15, 0.2) is 30.3 Å². The summed E-state index contributed by atoms with van der Waals surface area (Å²) in [6, 6.07) is 9.78. The van der Waals surface area contributed by atoms with Crippen molar-refractivity contribution in [2.24, 2.45) is 5.73 Å². The molecule has 2 aromatic rings. The van der Waals surface area contributed by atoms with Gasteiger partial charge in [0, 0.05) is 15.5 Å². The molecule has 0 saturated carbocycles. The van der Waals surface area contributed by atoms with Crippen LogP contribution in [0.3, 0.4) is 0 Å². The second kappa shape index (κ2) is 4.75. The van der Waals surface area contributed by atoms with Crippen LogP contribution in [-0.2, 0) is 6.42 Å². The number of nitrogens with zero attached hydrogens (tertiary/aromatic N) is 1. The molecule has 0 radical (unpaired) electrons. The molecule has 0 fully saturated rings. The lowest BCUT2D eigenvalue weighted by atomic mass is 10.1. The molecule has 15 heavy (non-hydrogen) atoms. The summed E-state index contributed by atoms with van der Waals surface area (Å²) in [7, 11) is 0. The van der Waals surface area contributed by atoms with Crippen molar-refractivity contribution >= 4 is 23.1 Å². The Balaban J connectivity index is 2.33. The number of hydrogen-bond acceptors (Lipinski definition) is 3. The van der Waals surface area contributed by atoms with Gasteiger partial charge in [-0.2, -0.15) is 4.37 Å². The second-order valence-electron chi connectivity index (χ2n) is 3.20. The molecule has 1 aromatic carbocycles. The molecule has 0 saturated heterocycles. The molecular weight excluding hydrogens is 228 g/mol. The van der Waals surface area contributed by atoms with Gasteiger partial charge in [0.2, 0.25) is 0 Å². The van der Waals surface area contributed by atoms with Gasteiger partial charge in [0.05, 0.1) is 5.69 Å².